The molecule has 0 aliphatic rings. The quantitative estimate of drug-likeness (QED) is 0.0425. The van der Waals surface area contributed by atoms with Crippen molar-refractivity contribution in [2.45, 2.75) is 181 Å². The predicted octanol–water partition coefficient (Wildman–Crippen LogP) is 1.62. The van der Waals surface area contributed by atoms with Gasteiger partial charge in [-0.1, -0.05) is 132 Å². The van der Waals surface area contributed by atoms with Gasteiger partial charge in [0.2, 0.25) is 0 Å². The van der Waals surface area contributed by atoms with E-state index in [0.717, 1.165) is 103 Å². The first-order chi connectivity index (χ1) is 26.4. The summed E-state index contributed by atoms with van der Waals surface area (Å²) in [5.74, 6) is -3.21. The molecule has 0 bridgehead atoms. The Labute approximate surface area is 421 Å². The first-order valence-electron chi connectivity index (χ1n) is 20.9. The number of ether oxygens (including phenoxy) is 4. The Bertz CT molecular complexity index is 1220. The summed E-state index contributed by atoms with van der Waals surface area (Å²) in [4.78, 5) is 48.4. The molecule has 0 aromatic heterocycles. The molecular weight excluding hydrogens is 933 g/mol. The van der Waals surface area contributed by atoms with E-state index in [1.54, 1.807) is 0 Å². The Kier molecular flexibility index (Phi) is 47.9. The maximum atomic E-state index is 12.2. The number of carbonyl (C=O) groups is 4. The summed E-state index contributed by atoms with van der Waals surface area (Å²) >= 11 is 0. The Morgan fingerprint density at radius 1 is 0.458 bits per heavy atom. The molecule has 14 nitrogen and oxygen atoms in total. The third-order valence-corrected chi connectivity index (χ3v) is 12.2. The zero-order valence-corrected chi connectivity index (χ0v) is 48.0. The average molecular weight is 1010 g/mol. The minimum atomic E-state index is -4.76. The molecule has 0 heterocycles. The predicted molar refractivity (Wildman–Crippen MR) is 228 cm³/mol. The van der Waals surface area contributed by atoms with Crippen LogP contribution in [0.5, 0.6) is 0 Å². The summed E-state index contributed by atoms with van der Waals surface area (Å²) < 4.78 is 85.5. The van der Waals surface area contributed by atoms with Crippen molar-refractivity contribution in [1.82, 2.24) is 0 Å². The molecule has 6 atom stereocenters. The van der Waals surface area contributed by atoms with Crippen molar-refractivity contribution in [2.24, 2.45) is 23.7 Å². The number of unbranched alkanes of at least 4 members (excludes halogenated alkanes) is 4. The molecule has 6 unspecified atom stereocenters. The van der Waals surface area contributed by atoms with Gasteiger partial charge in [-0.25, -0.2) is 0 Å². The van der Waals surface area contributed by atoms with Gasteiger partial charge >= 0.3 is 107 Å². The second-order valence-electron chi connectivity index (χ2n) is 14.7. The van der Waals surface area contributed by atoms with Gasteiger partial charge in [0.15, 0.2) is 10.5 Å². The minimum absolute atomic E-state index is 0. The number of esters is 4. The maximum absolute atomic E-state index is 12.2. The van der Waals surface area contributed by atoms with Gasteiger partial charge in [-0.05, 0) is 49.4 Å². The van der Waals surface area contributed by atoms with Crippen molar-refractivity contribution in [3.05, 3.63) is 0 Å². The molecule has 0 fully saturated rings. The van der Waals surface area contributed by atoms with Crippen molar-refractivity contribution in [1.29, 1.82) is 0 Å². The van der Waals surface area contributed by atoms with E-state index in [-0.39, 0.29) is 136 Å². The van der Waals surface area contributed by atoms with Crippen molar-refractivity contribution in [3.63, 3.8) is 0 Å². The van der Waals surface area contributed by atoms with Crippen LogP contribution in [0.25, 0.3) is 0 Å². The molecule has 342 valence electrons. The molecule has 0 rings (SSSR count). The van der Waals surface area contributed by atoms with Gasteiger partial charge < -0.3 is 21.8 Å². The van der Waals surface area contributed by atoms with Crippen LogP contribution in [-0.2, 0) is 58.4 Å². The van der Waals surface area contributed by atoms with Crippen LogP contribution >= 0.6 is 0 Å². The van der Waals surface area contributed by atoms with Crippen molar-refractivity contribution < 1.29 is 126 Å². The van der Waals surface area contributed by atoms with E-state index >= 15 is 0 Å². The summed E-state index contributed by atoms with van der Waals surface area (Å²) in [5, 5.41) is -3.89. The molecule has 2 radical (unpaired) electrons. The molecule has 59 heavy (non-hydrogen) atoms. The third kappa shape index (κ3) is 35.5. The first kappa shape index (κ1) is 68.6. The molecule has 19 heteroatoms. The molecule has 0 saturated heterocycles. The van der Waals surface area contributed by atoms with Crippen molar-refractivity contribution in [2.75, 3.05) is 26.4 Å². The van der Waals surface area contributed by atoms with Crippen LogP contribution in [0.15, 0.2) is 0 Å². The third-order valence-electron chi connectivity index (χ3n) is 10.0. The molecule has 0 spiro atoms. The second-order valence-corrected chi connectivity index (χ2v) is 17.9. The van der Waals surface area contributed by atoms with Gasteiger partial charge in [0.1, 0.15) is 0 Å². The molecule has 0 saturated carbocycles. The molecular formula is C40H80Na2O14S2Sn. The van der Waals surface area contributed by atoms with E-state index in [1.807, 2.05) is 27.7 Å². The van der Waals surface area contributed by atoms with Gasteiger partial charge in [0.25, 0.3) is 20.2 Å². The fraction of sp³-hybridized carbons (Fsp3) is 0.900. The van der Waals surface area contributed by atoms with Gasteiger partial charge in [0.05, 0.1) is 39.3 Å². The van der Waals surface area contributed by atoms with E-state index in [0.29, 0.717) is 0 Å². The molecule has 0 aliphatic carbocycles. The summed E-state index contributed by atoms with van der Waals surface area (Å²) in [6, 6.07) is 0. The Balaban J connectivity index is -0.000000177. The van der Waals surface area contributed by atoms with Crippen LogP contribution in [0.3, 0.4) is 0 Å². The Morgan fingerprint density at radius 3 is 0.864 bits per heavy atom. The summed E-state index contributed by atoms with van der Waals surface area (Å²) in [6.07, 6.45) is 13.5. The van der Waals surface area contributed by atoms with Crippen LogP contribution in [-0.4, -0.2) is 111 Å². The monoisotopic (exact) mass is 1010 g/mol. The van der Waals surface area contributed by atoms with E-state index in [2.05, 4.69) is 27.7 Å². The zero-order chi connectivity index (χ0) is 43.2. The van der Waals surface area contributed by atoms with Gasteiger partial charge in [-0.3, -0.25) is 28.3 Å². The van der Waals surface area contributed by atoms with E-state index in [1.165, 1.54) is 0 Å². The van der Waals surface area contributed by atoms with Crippen LogP contribution in [0.2, 0.25) is 0 Å². The van der Waals surface area contributed by atoms with Gasteiger partial charge in [0, 0.05) is 0 Å². The number of rotatable bonds is 32. The fourth-order valence-electron chi connectivity index (χ4n) is 5.64. The van der Waals surface area contributed by atoms with E-state index < -0.39 is 67.5 Å². The van der Waals surface area contributed by atoms with Crippen LogP contribution in [0, 0.1) is 23.7 Å². The fourth-order valence-corrected chi connectivity index (χ4v) is 6.96. The second kappa shape index (κ2) is 41.2. The van der Waals surface area contributed by atoms with Crippen molar-refractivity contribution >= 4 is 68.0 Å². The normalized spacial score (nSPS) is 14.1. The van der Waals surface area contributed by atoms with Gasteiger partial charge in [-0.2, -0.15) is 16.8 Å². The Hall–Kier alpha value is 0.499. The van der Waals surface area contributed by atoms with Crippen molar-refractivity contribution in [3.8, 4) is 0 Å². The van der Waals surface area contributed by atoms with Crippen LogP contribution in [0.1, 0.15) is 174 Å². The number of hydrogen-bond acceptors (Lipinski definition) is 12. The number of hydrogen-bond donors (Lipinski definition) is 2. The molecule has 2 N–H and O–H groups in total. The first-order valence-corrected chi connectivity index (χ1v) is 24.0. The van der Waals surface area contributed by atoms with E-state index in [4.69, 9.17) is 18.9 Å². The number of carbonyl (C=O) groups excluding carboxylic acids is 4. The molecule has 0 aromatic carbocycles. The Morgan fingerprint density at radius 2 is 0.678 bits per heavy atom. The molecule has 0 aromatic rings. The summed E-state index contributed by atoms with van der Waals surface area (Å²) in [7, 11) is -9.53. The summed E-state index contributed by atoms with van der Waals surface area (Å²) in [5.41, 5.74) is 0. The van der Waals surface area contributed by atoms with E-state index in [9.17, 15) is 45.1 Å². The molecule has 0 amide bonds. The summed E-state index contributed by atoms with van der Waals surface area (Å²) in [6.45, 7) is 16.7. The SMILES string of the molecule is CCCCC(CC)COC(=O)CC(C(=O)OCC(CC)CCCC)S(=O)(=O)O.CCCCC(CC)COC(=O)CC(C(=O)OCC(CC)CCCC)S(=O)(=O)O.[H-].[H-].[Na+].[Na+].[SnH2]. The average Bonchev–Trinajstić information content (AvgIpc) is 3.15. The topological polar surface area (TPSA) is 214 Å². The molecule has 0 aliphatic heterocycles. The zero-order valence-electron chi connectivity index (χ0n) is 40.3. The van der Waals surface area contributed by atoms with Crippen LogP contribution < -0.4 is 59.1 Å². The van der Waals surface area contributed by atoms with Gasteiger partial charge in [-0.15, -0.1) is 0 Å². The standard InChI is InChI=1S/2C20H38O7S.2Na.Sn.4H/c2*1-5-9-11-16(7-3)14-26-19(21)13-18(28(23,24)25)20(22)27-15-17(8-4)12-10-6-2;;;;;;;/h2*16-18H,5-15H2,1-4H3,(H,23,24,25);;;;;;;/q;;2*+1;;;;2*-1. The van der Waals surface area contributed by atoms with Crippen LogP contribution in [0.4, 0.5) is 0 Å².